The third kappa shape index (κ3) is 4.20. The molecule has 1 amide bonds. The zero-order valence-electron chi connectivity index (χ0n) is 20.4. The summed E-state index contributed by atoms with van der Waals surface area (Å²) < 4.78 is 6.46. The van der Waals surface area contributed by atoms with Crippen molar-refractivity contribution in [2.45, 2.75) is 39.2 Å². The van der Waals surface area contributed by atoms with Gasteiger partial charge in [-0.3, -0.25) is 14.5 Å². The predicted molar refractivity (Wildman–Crippen MR) is 144 cm³/mol. The van der Waals surface area contributed by atoms with E-state index in [1.165, 1.54) is 27.6 Å². The number of thiazole rings is 1. The van der Waals surface area contributed by atoms with Crippen LogP contribution in [0, 0.1) is 0 Å². The maximum Gasteiger partial charge on any atom is 0.296 e. The number of amides is 1. The average molecular weight is 519 g/mol. The molecule has 0 saturated carbocycles. The summed E-state index contributed by atoms with van der Waals surface area (Å²) >= 11 is 2.60. The highest BCUT2D eigenvalue weighted by atomic mass is 32.1. The smallest absolute Gasteiger partial charge is 0.296 e. The second-order valence-electron chi connectivity index (χ2n) is 9.58. The number of aromatic nitrogens is 1. The van der Waals surface area contributed by atoms with E-state index in [0.717, 1.165) is 21.6 Å². The van der Waals surface area contributed by atoms with Gasteiger partial charge in [-0.25, -0.2) is 4.98 Å². The molecular formula is C28H26N2O4S2. The topological polar surface area (TPSA) is 79.7 Å². The number of nitrogens with zero attached hydrogens (tertiary/aromatic N) is 2. The molecule has 0 bridgehead atoms. The van der Waals surface area contributed by atoms with Crippen LogP contribution in [-0.4, -0.2) is 28.4 Å². The van der Waals surface area contributed by atoms with Gasteiger partial charge in [-0.15, -0.1) is 11.3 Å². The van der Waals surface area contributed by atoms with Crippen LogP contribution in [0.4, 0.5) is 5.13 Å². The van der Waals surface area contributed by atoms with Gasteiger partial charge in [0.05, 0.1) is 33.3 Å². The molecule has 0 fully saturated rings. The molecular weight excluding hydrogens is 492 g/mol. The summed E-state index contributed by atoms with van der Waals surface area (Å²) in [4.78, 5) is 33.6. The van der Waals surface area contributed by atoms with Crippen molar-refractivity contribution in [2.24, 2.45) is 0 Å². The Labute approximate surface area is 217 Å². The van der Waals surface area contributed by atoms with Crippen LogP contribution >= 0.6 is 22.7 Å². The normalized spacial score (nSPS) is 16.3. The molecule has 1 atom stereocenters. The number of aliphatic hydroxyl groups excluding tert-OH is 1. The zero-order valence-corrected chi connectivity index (χ0v) is 22.1. The molecule has 0 spiro atoms. The first-order chi connectivity index (χ1) is 17.2. The number of ether oxygens (including phenoxy) is 1. The van der Waals surface area contributed by atoms with Crippen molar-refractivity contribution in [3.63, 3.8) is 0 Å². The lowest BCUT2D eigenvalue weighted by atomic mass is 9.85. The number of hydrogen-bond donors (Lipinski definition) is 1. The summed E-state index contributed by atoms with van der Waals surface area (Å²) in [5, 5.41) is 13.2. The minimum absolute atomic E-state index is 0.0530. The van der Waals surface area contributed by atoms with Crippen LogP contribution < -0.4 is 9.64 Å². The fraction of sp³-hybridized carbons (Fsp3) is 0.250. The van der Waals surface area contributed by atoms with Crippen LogP contribution in [0.1, 0.15) is 54.5 Å². The summed E-state index contributed by atoms with van der Waals surface area (Å²) in [6.45, 7) is 8.84. The predicted octanol–water partition coefficient (Wildman–Crippen LogP) is 6.84. The number of anilines is 1. The SMILES string of the molecule is CCOc1ccc2nc(N3C(=O)C(O)=C(C(=O)c4cccs4)[C@@H]3c3ccc(C(C)(C)C)cc3)sc2c1. The first kappa shape index (κ1) is 24.2. The van der Waals surface area contributed by atoms with Gasteiger partial charge in [0.15, 0.2) is 10.9 Å². The summed E-state index contributed by atoms with van der Waals surface area (Å²) in [5.41, 5.74) is 2.59. The number of hydrogen-bond acceptors (Lipinski definition) is 7. The fourth-order valence-corrected chi connectivity index (χ4v) is 6.01. The van der Waals surface area contributed by atoms with Crippen molar-refractivity contribution in [3.8, 4) is 5.75 Å². The Bertz CT molecular complexity index is 1480. The minimum atomic E-state index is -0.798. The van der Waals surface area contributed by atoms with Crippen LogP contribution in [-0.2, 0) is 10.2 Å². The van der Waals surface area contributed by atoms with E-state index >= 15 is 0 Å². The van der Waals surface area contributed by atoms with E-state index in [1.54, 1.807) is 17.5 Å². The van der Waals surface area contributed by atoms with Crippen molar-refractivity contribution in [3.05, 3.63) is 87.3 Å². The van der Waals surface area contributed by atoms with Crippen LogP contribution in [0.25, 0.3) is 10.2 Å². The van der Waals surface area contributed by atoms with Gasteiger partial charge in [0.2, 0.25) is 5.78 Å². The molecule has 6 nitrogen and oxygen atoms in total. The Morgan fingerprint density at radius 2 is 1.89 bits per heavy atom. The Kier molecular flexibility index (Phi) is 6.18. The van der Waals surface area contributed by atoms with Gasteiger partial charge in [-0.2, -0.15) is 0 Å². The molecule has 184 valence electrons. The van der Waals surface area contributed by atoms with Crippen molar-refractivity contribution in [1.29, 1.82) is 0 Å². The molecule has 0 radical (unpaired) electrons. The van der Waals surface area contributed by atoms with E-state index in [2.05, 4.69) is 20.8 Å². The van der Waals surface area contributed by atoms with E-state index in [0.29, 0.717) is 22.1 Å². The summed E-state index contributed by atoms with van der Waals surface area (Å²) in [6, 6.07) is 16.1. The molecule has 8 heteroatoms. The van der Waals surface area contributed by atoms with E-state index < -0.39 is 17.7 Å². The molecule has 1 aliphatic rings. The first-order valence-electron chi connectivity index (χ1n) is 11.7. The van der Waals surface area contributed by atoms with Gasteiger partial charge in [-0.1, -0.05) is 62.4 Å². The second kappa shape index (κ2) is 9.19. The number of carbonyl (C=O) groups is 2. The number of rotatable bonds is 6. The maximum atomic E-state index is 13.5. The quantitative estimate of drug-likeness (QED) is 0.283. The summed E-state index contributed by atoms with van der Waals surface area (Å²) in [5.74, 6) is -0.809. The molecule has 4 aromatic rings. The Balaban J connectivity index is 1.64. The molecule has 2 aromatic carbocycles. The standard InChI is InChI=1S/C28H26N2O4S2/c1-5-34-18-12-13-19-21(15-18)36-27(29-19)30-23(16-8-10-17(11-9-16)28(2,3)4)22(25(32)26(30)33)24(31)20-7-6-14-35-20/h6-15,23,32H,5H2,1-4H3/t23-/m0/s1. The molecule has 0 aliphatic carbocycles. The van der Waals surface area contributed by atoms with Crippen molar-refractivity contribution in [2.75, 3.05) is 11.5 Å². The lowest BCUT2D eigenvalue weighted by Crippen LogP contribution is -2.31. The molecule has 5 rings (SSSR count). The molecule has 1 N–H and O–H groups in total. The number of aliphatic hydroxyl groups is 1. The largest absolute Gasteiger partial charge is 0.503 e. The number of thiophene rings is 1. The van der Waals surface area contributed by atoms with Gasteiger partial charge in [0, 0.05) is 0 Å². The van der Waals surface area contributed by atoms with Crippen molar-refractivity contribution in [1.82, 2.24) is 4.98 Å². The van der Waals surface area contributed by atoms with Gasteiger partial charge < -0.3 is 9.84 Å². The summed E-state index contributed by atoms with van der Waals surface area (Å²) in [6.07, 6.45) is 0. The number of fused-ring (bicyclic) bond motifs is 1. The van der Waals surface area contributed by atoms with Crippen LogP contribution in [0.3, 0.4) is 0 Å². The third-order valence-corrected chi connectivity index (χ3v) is 8.04. The molecule has 1 aliphatic heterocycles. The van der Waals surface area contributed by atoms with Gasteiger partial charge in [0.25, 0.3) is 5.91 Å². The Morgan fingerprint density at radius 1 is 1.14 bits per heavy atom. The van der Waals surface area contributed by atoms with Crippen LogP contribution in [0.5, 0.6) is 5.75 Å². The lowest BCUT2D eigenvalue weighted by molar-refractivity contribution is -0.117. The molecule has 0 saturated heterocycles. The second-order valence-corrected chi connectivity index (χ2v) is 11.5. The monoisotopic (exact) mass is 518 g/mol. The molecule has 3 heterocycles. The number of Topliss-reactive ketones (excluding diaryl/α,β-unsaturated/α-hetero) is 1. The van der Waals surface area contributed by atoms with E-state index in [9.17, 15) is 14.7 Å². The molecule has 36 heavy (non-hydrogen) atoms. The molecule has 0 unspecified atom stereocenters. The number of carbonyl (C=O) groups excluding carboxylic acids is 2. The first-order valence-corrected chi connectivity index (χ1v) is 13.4. The fourth-order valence-electron chi connectivity index (χ4n) is 4.31. The number of benzene rings is 2. The molecule has 2 aromatic heterocycles. The summed E-state index contributed by atoms with van der Waals surface area (Å²) in [7, 11) is 0. The van der Waals surface area contributed by atoms with Gasteiger partial charge >= 0.3 is 0 Å². The van der Waals surface area contributed by atoms with Gasteiger partial charge in [0.1, 0.15) is 5.75 Å². The van der Waals surface area contributed by atoms with Crippen molar-refractivity contribution >= 4 is 49.7 Å². The van der Waals surface area contributed by atoms with Crippen LogP contribution in [0.15, 0.2) is 71.3 Å². The third-order valence-electron chi connectivity index (χ3n) is 6.16. The van der Waals surface area contributed by atoms with E-state index in [1.807, 2.05) is 49.4 Å². The highest BCUT2D eigenvalue weighted by molar-refractivity contribution is 7.22. The Hall–Kier alpha value is -3.49. The highest BCUT2D eigenvalue weighted by Gasteiger charge is 2.46. The minimum Gasteiger partial charge on any atom is -0.503 e. The highest BCUT2D eigenvalue weighted by Crippen LogP contribution is 2.45. The zero-order chi connectivity index (χ0) is 25.6. The Morgan fingerprint density at radius 3 is 2.53 bits per heavy atom. The average Bonchev–Trinajstić information content (AvgIpc) is 3.57. The van der Waals surface area contributed by atoms with Gasteiger partial charge in [-0.05, 0) is 53.1 Å². The van der Waals surface area contributed by atoms with E-state index in [4.69, 9.17) is 9.72 Å². The van der Waals surface area contributed by atoms with Crippen LogP contribution in [0.2, 0.25) is 0 Å². The van der Waals surface area contributed by atoms with E-state index in [-0.39, 0.29) is 16.8 Å². The number of ketones is 1. The van der Waals surface area contributed by atoms with Crippen molar-refractivity contribution < 1.29 is 19.4 Å². The maximum absolute atomic E-state index is 13.5. The lowest BCUT2D eigenvalue weighted by Gasteiger charge is -2.25.